The van der Waals surface area contributed by atoms with E-state index in [1.54, 1.807) is 61.5 Å². The molecule has 0 saturated heterocycles. The smallest absolute Gasteiger partial charge is 0.304 e. The zero-order valence-electron chi connectivity index (χ0n) is 20.4. The molecular weight excluding hydrogens is 488 g/mol. The average Bonchev–Trinajstić information content (AvgIpc) is 3.34. The van der Waals surface area contributed by atoms with E-state index in [9.17, 15) is 18.0 Å². The lowest BCUT2D eigenvalue weighted by Gasteiger charge is -2.33. The summed E-state index contributed by atoms with van der Waals surface area (Å²) in [4.78, 5) is 28.2. The SMILES string of the molecule is CC(C(=O)NC1CCCC1)N(Cc1ccccc1Cl)C(=O)CN(c1ccccc1)S(=O)(=O)N(C)C. The Bertz CT molecular complexity index is 1120. The topological polar surface area (TPSA) is 90.0 Å². The monoisotopic (exact) mass is 520 g/mol. The highest BCUT2D eigenvalue weighted by atomic mass is 35.5. The van der Waals surface area contributed by atoms with Crippen molar-refractivity contribution in [2.24, 2.45) is 0 Å². The molecule has 0 bridgehead atoms. The van der Waals surface area contributed by atoms with E-state index in [2.05, 4.69) is 5.32 Å². The molecule has 2 aromatic rings. The first-order valence-electron chi connectivity index (χ1n) is 11.7. The Kier molecular flexibility index (Phi) is 9.15. The molecule has 1 N–H and O–H groups in total. The van der Waals surface area contributed by atoms with E-state index in [1.165, 1.54) is 19.0 Å². The van der Waals surface area contributed by atoms with Crippen molar-refractivity contribution in [2.75, 3.05) is 24.9 Å². The van der Waals surface area contributed by atoms with Crippen LogP contribution in [0.4, 0.5) is 5.69 Å². The summed E-state index contributed by atoms with van der Waals surface area (Å²) in [5.74, 6) is -0.771. The van der Waals surface area contributed by atoms with Crippen LogP contribution in [0.15, 0.2) is 54.6 Å². The highest BCUT2D eigenvalue weighted by Crippen LogP contribution is 2.23. The summed E-state index contributed by atoms with van der Waals surface area (Å²) >= 11 is 6.36. The van der Waals surface area contributed by atoms with Crippen LogP contribution in [-0.2, 0) is 26.3 Å². The van der Waals surface area contributed by atoms with Gasteiger partial charge in [-0.2, -0.15) is 12.7 Å². The maximum absolute atomic E-state index is 13.7. The van der Waals surface area contributed by atoms with Crippen LogP contribution in [0.25, 0.3) is 0 Å². The van der Waals surface area contributed by atoms with Crippen molar-refractivity contribution in [1.82, 2.24) is 14.5 Å². The number of carbonyl (C=O) groups excluding carboxylic acids is 2. The van der Waals surface area contributed by atoms with Crippen LogP contribution in [0, 0.1) is 0 Å². The number of benzene rings is 2. The second-order valence-electron chi connectivity index (χ2n) is 8.91. The minimum atomic E-state index is -3.97. The number of hydrogen-bond donors (Lipinski definition) is 1. The summed E-state index contributed by atoms with van der Waals surface area (Å²) in [6, 6.07) is 14.8. The summed E-state index contributed by atoms with van der Waals surface area (Å²) < 4.78 is 28.3. The highest BCUT2D eigenvalue weighted by Gasteiger charge is 2.33. The van der Waals surface area contributed by atoms with Crippen LogP contribution in [-0.4, -0.2) is 62.2 Å². The number of hydrogen-bond acceptors (Lipinski definition) is 4. The Morgan fingerprint density at radius 1 is 1.03 bits per heavy atom. The third-order valence-corrected chi connectivity index (χ3v) is 8.42. The molecule has 0 radical (unpaired) electrons. The van der Waals surface area contributed by atoms with Crippen molar-refractivity contribution in [3.05, 3.63) is 65.2 Å². The van der Waals surface area contributed by atoms with Gasteiger partial charge in [0, 0.05) is 31.7 Å². The minimum absolute atomic E-state index is 0.0718. The van der Waals surface area contributed by atoms with Crippen LogP contribution in [0.1, 0.15) is 38.2 Å². The number of nitrogens with one attached hydrogen (secondary N) is 1. The molecule has 35 heavy (non-hydrogen) atoms. The molecule has 10 heteroatoms. The minimum Gasteiger partial charge on any atom is -0.352 e. The molecule has 1 fully saturated rings. The molecule has 2 amide bonds. The van der Waals surface area contributed by atoms with Gasteiger partial charge in [-0.3, -0.25) is 9.59 Å². The number of carbonyl (C=O) groups is 2. The lowest BCUT2D eigenvalue weighted by Crippen LogP contribution is -2.53. The zero-order chi connectivity index (χ0) is 25.6. The quantitative estimate of drug-likeness (QED) is 0.519. The Hall–Kier alpha value is -2.62. The fourth-order valence-corrected chi connectivity index (χ4v) is 5.35. The normalized spacial score (nSPS) is 15.1. The van der Waals surface area contributed by atoms with Crippen molar-refractivity contribution in [3.63, 3.8) is 0 Å². The first-order valence-corrected chi connectivity index (χ1v) is 13.5. The Balaban J connectivity index is 1.91. The number of amides is 2. The standard InChI is InChI=1S/C25H33ClN4O4S/c1-19(25(32)27-21-12-8-9-13-21)29(17-20-11-7-10-16-23(20)26)24(31)18-30(35(33,34)28(2)3)22-14-5-4-6-15-22/h4-7,10-11,14-16,19,21H,8-9,12-13,17-18H2,1-3H3,(H,27,32). The molecular formula is C25H33ClN4O4S. The van der Waals surface area contributed by atoms with Crippen LogP contribution in [0.3, 0.4) is 0 Å². The first-order chi connectivity index (χ1) is 16.6. The Labute approximate surface area is 213 Å². The van der Waals surface area contributed by atoms with Crippen molar-refractivity contribution in [2.45, 2.75) is 51.2 Å². The Morgan fingerprint density at radius 2 is 1.63 bits per heavy atom. The molecule has 3 rings (SSSR count). The number of para-hydroxylation sites is 1. The molecule has 1 aliphatic carbocycles. The van der Waals surface area contributed by atoms with E-state index in [0.717, 1.165) is 34.3 Å². The van der Waals surface area contributed by atoms with Gasteiger partial charge in [0.15, 0.2) is 0 Å². The van der Waals surface area contributed by atoms with Crippen molar-refractivity contribution < 1.29 is 18.0 Å². The van der Waals surface area contributed by atoms with Crippen LogP contribution in [0.5, 0.6) is 0 Å². The number of halogens is 1. The maximum Gasteiger partial charge on any atom is 0.304 e. The summed E-state index contributed by atoms with van der Waals surface area (Å²) in [6.07, 6.45) is 3.96. The third kappa shape index (κ3) is 6.74. The van der Waals surface area contributed by atoms with Crippen molar-refractivity contribution in [3.8, 4) is 0 Å². The zero-order valence-corrected chi connectivity index (χ0v) is 21.9. The van der Waals surface area contributed by atoms with Gasteiger partial charge in [-0.25, -0.2) is 4.31 Å². The molecule has 1 atom stereocenters. The predicted octanol–water partition coefficient (Wildman–Crippen LogP) is 3.43. The molecule has 8 nitrogen and oxygen atoms in total. The summed E-state index contributed by atoms with van der Waals surface area (Å²) in [7, 11) is -1.15. The molecule has 2 aromatic carbocycles. The molecule has 0 aromatic heterocycles. The van der Waals surface area contributed by atoms with Gasteiger partial charge in [0.2, 0.25) is 11.8 Å². The number of anilines is 1. The molecule has 0 heterocycles. The van der Waals surface area contributed by atoms with E-state index in [4.69, 9.17) is 11.6 Å². The second-order valence-corrected chi connectivity index (χ2v) is 11.4. The highest BCUT2D eigenvalue weighted by molar-refractivity contribution is 7.90. The summed E-state index contributed by atoms with van der Waals surface area (Å²) in [6.45, 7) is 1.27. The summed E-state index contributed by atoms with van der Waals surface area (Å²) in [5, 5.41) is 3.51. The molecule has 0 spiro atoms. The van der Waals surface area contributed by atoms with Crippen LogP contribution in [0.2, 0.25) is 5.02 Å². The number of nitrogens with zero attached hydrogens (tertiary/aromatic N) is 3. The van der Waals surface area contributed by atoms with E-state index in [-0.39, 0.29) is 18.5 Å². The van der Waals surface area contributed by atoms with E-state index in [1.807, 2.05) is 0 Å². The van der Waals surface area contributed by atoms with Gasteiger partial charge in [-0.05, 0) is 43.5 Å². The van der Waals surface area contributed by atoms with Crippen molar-refractivity contribution >= 4 is 39.3 Å². The predicted molar refractivity (Wildman–Crippen MR) is 138 cm³/mol. The van der Waals surface area contributed by atoms with Gasteiger partial charge in [-0.15, -0.1) is 0 Å². The fraction of sp³-hybridized carbons (Fsp3) is 0.440. The van der Waals surface area contributed by atoms with Gasteiger partial charge >= 0.3 is 10.2 Å². The van der Waals surface area contributed by atoms with Gasteiger partial charge in [0.25, 0.3) is 0 Å². The van der Waals surface area contributed by atoms with Gasteiger partial charge in [0.1, 0.15) is 12.6 Å². The number of rotatable bonds is 10. The third-order valence-electron chi connectivity index (χ3n) is 6.23. The molecule has 1 unspecified atom stereocenters. The lowest BCUT2D eigenvalue weighted by molar-refractivity contribution is -0.139. The fourth-order valence-electron chi connectivity index (χ4n) is 4.10. The van der Waals surface area contributed by atoms with Gasteiger partial charge in [-0.1, -0.05) is 60.8 Å². The first kappa shape index (κ1) is 27.0. The molecule has 1 aliphatic rings. The second kappa shape index (κ2) is 11.9. The van der Waals surface area contributed by atoms with E-state index < -0.39 is 28.7 Å². The molecule has 1 saturated carbocycles. The Morgan fingerprint density at radius 3 is 2.23 bits per heavy atom. The van der Waals surface area contributed by atoms with Crippen molar-refractivity contribution in [1.29, 1.82) is 0 Å². The maximum atomic E-state index is 13.7. The largest absolute Gasteiger partial charge is 0.352 e. The molecule has 190 valence electrons. The van der Waals surface area contributed by atoms with Crippen LogP contribution < -0.4 is 9.62 Å². The lowest BCUT2D eigenvalue weighted by atomic mass is 10.1. The van der Waals surface area contributed by atoms with E-state index in [0.29, 0.717) is 16.3 Å². The summed E-state index contributed by atoms with van der Waals surface area (Å²) in [5.41, 5.74) is 1.03. The average molecular weight is 521 g/mol. The van der Waals surface area contributed by atoms with E-state index >= 15 is 0 Å². The van der Waals surface area contributed by atoms with Crippen LogP contribution >= 0.6 is 11.6 Å². The molecule has 0 aliphatic heterocycles. The van der Waals surface area contributed by atoms with Gasteiger partial charge < -0.3 is 10.2 Å². The van der Waals surface area contributed by atoms with Gasteiger partial charge in [0.05, 0.1) is 5.69 Å².